The molecule has 130 valence electrons. The first kappa shape index (κ1) is 19.8. The van der Waals surface area contributed by atoms with Gasteiger partial charge in [0.25, 0.3) is 0 Å². The summed E-state index contributed by atoms with van der Waals surface area (Å²) in [5, 5.41) is 0. The van der Waals surface area contributed by atoms with Gasteiger partial charge in [-0.25, -0.2) is 0 Å². The lowest BCUT2D eigenvalue weighted by Gasteiger charge is -2.09. The average molecular weight is 326 g/mol. The Kier molecular flexibility index (Phi) is 8.66. The molecule has 4 N–H and O–H groups in total. The van der Waals surface area contributed by atoms with Crippen LogP contribution in [0.5, 0.6) is 5.75 Å². The molecule has 0 heterocycles. The quantitative estimate of drug-likeness (QED) is 0.798. The lowest BCUT2D eigenvalue weighted by molar-refractivity contribution is 0.410. The second-order valence-corrected chi connectivity index (χ2v) is 5.59. The fraction of sp³-hybridized carbons (Fsp3) is 0.333. The normalized spacial score (nSPS) is 10.8. The maximum absolute atomic E-state index is 6.02. The van der Waals surface area contributed by atoms with Crippen molar-refractivity contribution < 1.29 is 4.74 Å². The smallest absolute Gasteiger partial charge is 0.122 e. The predicted octanol–water partition coefficient (Wildman–Crippen LogP) is 4.45. The minimum Gasteiger partial charge on any atom is -0.496 e. The number of benzene rings is 2. The van der Waals surface area contributed by atoms with E-state index in [1.807, 2.05) is 31.2 Å². The third-order valence-electron chi connectivity index (χ3n) is 3.76. The zero-order chi connectivity index (χ0) is 17.9. The lowest BCUT2D eigenvalue weighted by atomic mass is 10.0. The standard InChI is InChI=1S/C19H23NO.C2H7N/c1-4-16-13-15(11-12-19(16)21-3)10-9-14(2)17-7-5-6-8-18(17)20;1-2-3/h5-9,11-13H,4,10,20H2,1-3H3;2-3H2,1H3/b14-9+;. The molecule has 0 aliphatic rings. The van der Waals surface area contributed by atoms with Crippen molar-refractivity contribution in [3.8, 4) is 5.75 Å². The Morgan fingerprint density at radius 2 is 1.79 bits per heavy atom. The molecule has 2 aromatic rings. The maximum Gasteiger partial charge on any atom is 0.122 e. The molecule has 3 nitrogen and oxygen atoms in total. The first-order chi connectivity index (χ1) is 11.6. The van der Waals surface area contributed by atoms with Crippen LogP contribution in [0.2, 0.25) is 0 Å². The fourth-order valence-electron chi connectivity index (χ4n) is 2.47. The fourth-order valence-corrected chi connectivity index (χ4v) is 2.47. The zero-order valence-corrected chi connectivity index (χ0v) is 15.3. The Hall–Kier alpha value is -2.26. The van der Waals surface area contributed by atoms with E-state index in [4.69, 9.17) is 16.2 Å². The van der Waals surface area contributed by atoms with Gasteiger partial charge in [-0.15, -0.1) is 0 Å². The highest BCUT2D eigenvalue weighted by molar-refractivity contribution is 5.73. The first-order valence-electron chi connectivity index (χ1n) is 8.44. The predicted molar refractivity (Wildman–Crippen MR) is 105 cm³/mol. The number of nitrogens with two attached hydrogens (primary N) is 2. The summed E-state index contributed by atoms with van der Waals surface area (Å²) in [7, 11) is 1.72. The molecule has 0 spiro atoms. The van der Waals surface area contributed by atoms with Crippen LogP contribution in [-0.4, -0.2) is 13.7 Å². The van der Waals surface area contributed by atoms with Gasteiger partial charge in [-0.1, -0.05) is 50.3 Å². The van der Waals surface area contributed by atoms with Crippen molar-refractivity contribution in [3.63, 3.8) is 0 Å². The summed E-state index contributed by atoms with van der Waals surface area (Å²) in [6, 6.07) is 14.4. The van der Waals surface area contributed by atoms with Crippen LogP contribution in [0, 0.1) is 0 Å². The van der Waals surface area contributed by atoms with E-state index in [2.05, 4.69) is 38.1 Å². The number of nitrogen functional groups attached to an aromatic ring is 1. The van der Waals surface area contributed by atoms with Crippen LogP contribution in [0.1, 0.15) is 37.5 Å². The topological polar surface area (TPSA) is 61.3 Å². The third-order valence-corrected chi connectivity index (χ3v) is 3.76. The summed E-state index contributed by atoms with van der Waals surface area (Å²) in [5.74, 6) is 0.967. The van der Waals surface area contributed by atoms with Crippen LogP contribution >= 0.6 is 0 Å². The highest BCUT2D eigenvalue weighted by Gasteiger charge is 2.03. The second kappa shape index (κ2) is 10.5. The molecule has 0 amide bonds. The minimum atomic E-state index is 0.750. The van der Waals surface area contributed by atoms with Crippen molar-refractivity contribution in [2.24, 2.45) is 5.73 Å². The van der Waals surface area contributed by atoms with E-state index in [0.29, 0.717) is 0 Å². The molecule has 0 aliphatic heterocycles. The Labute approximate surface area is 146 Å². The molecule has 0 fully saturated rings. The number of hydrogen-bond acceptors (Lipinski definition) is 3. The largest absolute Gasteiger partial charge is 0.496 e. The number of hydrogen-bond donors (Lipinski definition) is 2. The summed E-state index contributed by atoms with van der Waals surface area (Å²) < 4.78 is 5.37. The van der Waals surface area contributed by atoms with Crippen molar-refractivity contribution in [1.29, 1.82) is 0 Å². The van der Waals surface area contributed by atoms with Crippen molar-refractivity contribution in [3.05, 3.63) is 65.2 Å². The highest BCUT2D eigenvalue weighted by Crippen LogP contribution is 2.23. The molecular weight excluding hydrogens is 296 g/mol. The summed E-state index contributed by atoms with van der Waals surface area (Å²) in [6.07, 6.45) is 4.11. The number of allylic oxidation sites excluding steroid dienone is 2. The zero-order valence-electron chi connectivity index (χ0n) is 15.3. The van der Waals surface area contributed by atoms with Crippen LogP contribution in [0.3, 0.4) is 0 Å². The van der Waals surface area contributed by atoms with Gasteiger partial charge < -0.3 is 16.2 Å². The molecule has 0 aromatic heterocycles. The van der Waals surface area contributed by atoms with Crippen LogP contribution < -0.4 is 16.2 Å². The Bertz CT molecular complexity index is 663. The number of methoxy groups -OCH3 is 1. The van der Waals surface area contributed by atoms with Gasteiger partial charge in [0.15, 0.2) is 0 Å². The van der Waals surface area contributed by atoms with Crippen molar-refractivity contribution in [2.75, 3.05) is 19.4 Å². The number of ether oxygens (including phenoxy) is 1. The van der Waals surface area contributed by atoms with Gasteiger partial charge in [0, 0.05) is 5.69 Å². The molecule has 24 heavy (non-hydrogen) atoms. The van der Waals surface area contributed by atoms with Gasteiger partial charge in [0.1, 0.15) is 5.75 Å². The monoisotopic (exact) mass is 326 g/mol. The molecule has 0 unspecified atom stereocenters. The molecule has 0 aliphatic carbocycles. The van der Waals surface area contributed by atoms with E-state index < -0.39 is 0 Å². The van der Waals surface area contributed by atoms with Gasteiger partial charge in [-0.2, -0.15) is 0 Å². The number of rotatable bonds is 5. The van der Waals surface area contributed by atoms with Gasteiger partial charge in [0.05, 0.1) is 7.11 Å². The van der Waals surface area contributed by atoms with Crippen LogP contribution in [0.15, 0.2) is 48.5 Å². The van der Waals surface area contributed by atoms with Gasteiger partial charge in [0.2, 0.25) is 0 Å². The first-order valence-corrected chi connectivity index (χ1v) is 8.44. The van der Waals surface area contributed by atoms with Crippen molar-refractivity contribution >= 4 is 11.3 Å². The average Bonchev–Trinajstić information content (AvgIpc) is 2.60. The third kappa shape index (κ3) is 5.74. The summed E-state index contributed by atoms with van der Waals surface area (Å²) in [5.41, 5.74) is 16.6. The molecule has 3 heteroatoms. The molecule has 0 saturated carbocycles. The van der Waals surface area contributed by atoms with E-state index in [0.717, 1.165) is 36.4 Å². The molecular formula is C21H30N2O. The van der Waals surface area contributed by atoms with Gasteiger partial charge in [-0.05, 0) is 60.7 Å². The van der Waals surface area contributed by atoms with Gasteiger partial charge >= 0.3 is 0 Å². The number of para-hydroxylation sites is 1. The lowest BCUT2D eigenvalue weighted by Crippen LogP contribution is -1.94. The Balaban J connectivity index is 0.000000891. The molecule has 2 aromatic carbocycles. The van der Waals surface area contributed by atoms with E-state index in [9.17, 15) is 0 Å². The highest BCUT2D eigenvalue weighted by atomic mass is 16.5. The van der Waals surface area contributed by atoms with E-state index in [-0.39, 0.29) is 0 Å². The summed E-state index contributed by atoms with van der Waals surface area (Å²) >= 11 is 0. The summed E-state index contributed by atoms with van der Waals surface area (Å²) in [4.78, 5) is 0. The molecule has 0 saturated heterocycles. The Morgan fingerprint density at radius 1 is 1.12 bits per heavy atom. The maximum atomic E-state index is 6.02. The molecule has 0 bridgehead atoms. The van der Waals surface area contributed by atoms with Crippen molar-refractivity contribution in [1.82, 2.24) is 0 Å². The van der Waals surface area contributed by atoms with Crippen LogP contribution in [0.4, 0.5) is 5.69 Å². The number of aryl methyl sites for hydroxylation is 1. The van der Waals surface area contributed by atoms with E-state index >= 15 is 0 Å². The van der Waals surface area contributed by atoms with Crippen LogP contribution in [-0.2, 0) is 12.8 Å². The van der Waals surface area contributed by atoms with E-state index in [1.165, 1.54) is 16.7 Å². The SMILES string of the molecule is CCN.CCc1cc(C/C=C(\C)c2ccccc2N)ccc1OC. The number of anilines is 1. The molecule has 0 radical (unpaired) electrons. The molecule has 2 rings (SSSR count). The molecule has 0 atom stereocenters. The van der Waals surface area contributed by atoms with Gasteiger partial charge in [-0.3, -0.25) is 0 Å². The Morgan fingerprint density at radius 3 is 2.38 bits per heavy atom. The van der Waals surface area contributed by atoms with Crippen LogP contribution in [0.25, 0.3) is 5.57 Å². The van der Waals surface area contributed by atoms with Crippen molar-refractivity contribution in [2.45, 2.75) is 33.6 Å². The summed E-state index contributed by atoms with van der Waals surface area (Å²) in [6.45, 7) is 6.91. The van der Waals surface area contributed by atoms with E-state index in [1.54, 1.807) is 7.11 Å². The minimum absolute atomic E-state index is 0.750. The second-order valence-electron chi connectivity index (χ2n) is 5.59.